The zero-order valence-electron chi connectivity index (χ0n) is 10.6. The van der Waals surface area contributed by atoms with Gasteiger partial charge in [-0.15, -0.1) is 0 Å². The predicted molar refractivity (Wildman–Crippen MR) is 68.4 cm³/mol. The quantitative estimate of drug-likeness (QED) is 0.747. The van der Waals surface area contributed by atoms with E-state index >= 15 is 0 Å². The Morgan fingerprint density at radius 3 is 3.00 bits per heavy atom. The number of aromatic nitrogens is 1. The van der Waals surface area contributed by atoms with Crippen molar-refractivity contribution in [2.75, 3.05) is 0 Å². The normalized spacial score (nSPS) is 23.6. The highest BCUT2D eigenvalue weighted by Gasteiger charge is 2.35. The minimum atomic E-state index is 0.800. The lowest BCUT2D eigenvalue weighted by molar-refractivity contribution is 0.598. The van der Waals surface area contributed by atoms with Crippen LogP contribution in [0.2, 0.25) is 0 Å². The molecule has 2 unspecified atom stereocenters. The number of nitrogens with zero attached hydrogens (tertiary/aromatic N) is 1. The summed E-state index contributed by atoms with van der Waals surface area (Å²) in [5, 5.41) is 3.65. The van der Waals surface area contributed by atoms with Crippen molar-refractivity contribution in [3.05, 3.63) is 24.0 Å². The van der Waals surface area contributed by atoms with Crippen molar-refractivity contribution in [2.45, 2.75) is 58.7 Å². The second-order valence-electron chi connectivity index (χ2n) is 5.03. The molecular formula is C14H24N2. The number of rotatable bonds is 7. The topological polar surface area (TPSA) is 17.0 Å². The lowest BCUT2D eigenvalue weighted by Crippen LogP contribution is -2.17. The Hall–Kier alpha value is -0.760. The van der Waals surface area contributed by atoms with Gasteiger partial charge in [0, 0.05) is 31.5 Å². The molecule has 1 aromatic heterocycles. The number of nitrogens with one attached hydrogen (secondary N) is 1. The van der Waals surface area contributed by atoms with Crippen molar-refractivity contribution in [3.8, 4) is 0 Å². The van der Waals surface area contributed by atoms with Gasteiger partial charge >= 0.3 is 0 Å². The highest BCUT2D eigenvalue weighted by Crippen LogP contribution is 2.34. The first-order valence-corrected chi connectivity index (χ1v) is 6.71. The van der Waals surface area contributed by atoms with E-state index in [4.69, 9.17) is 0 Å². The molecule has 1 aliphatic rings. The molecule has 2 nitrogen and oxygen atoms in total. The molecule has 1 saturated carbocycles. The summed E-state index contributed by atoms with van der Waals surface area (Å²) < 4.78 is 2.29. The summed E-state index contributed by atoms with van der Waals surface area (Å²) in [6.45, 7) is 6.68. The van der Waals surface area contributed by atoms with Gasteiger partial charge < -0.3 is 9.88 Å². The first-order chi connectivity index (χ1) is 7.83. The van der Waals surface area contributed by atoms with E-state index in [1.807, 2.05) is 0 Å². The van der Waals surface area contributed by atoms with Gasteiger partial charge in [-0.1, -0.05) is 20.3 Å². The van der Waals surface area contributed by atoms with E-state index in [-0.39, 0.29) is 0 Å². The first-order valence-electron chi connectivity index (χ1n) is 6.71. The Morgan fingerprint density at radius 2 is 2.25 bits per heavy atom. The molecular weight excluding hydrogens is 196 g/mol. The number of aryl methyl sites for hydroxylation is 1. The Morgan fingerprint density at radius 1 is 1.38 bits per heavy atom. The fourth-order valence-corrected chi connectivity index (χ4v) is 2.43. The first kappa shape index (κ1) is 11.7. The highest BCUT2D eigenvalue weighted by molar-refractivity contribution is 5.10. The van der Waals surface area contributed by atoms with Gasteiger partial charge in [-0.2, -0.15) is 0 Å². The van der Waals surface area contributed by atoms with Crippen LogP contribution in [0.1, 0.15) is 45.1 Å². The third-order valence-electron chi connectivity index (χ3n) is 3.44. The van der Waals surface area contributed by atoms with Crippen LogP contribution in [0.5, 0.6) is 0 Å². The fraction of sp³-hybridized carbons (Fsp3) is 0.714. The number of hydrogen-bond acceptors (Lipinski definition) is 1. The fourth-order valence-electron chi connectivity index (χ4n) is 2.43. The van der Waals surface area contributed by atoms with Crippen LogP contribution in [0.25, 0.3) is 0 Å². The predicted octanol–water partition coefficient (Wildman–Crippen LogP) is 3.18. The largest absolute Gasteiger partial charge is 0.354 e. The molecule has 0 saturated heterocycles. The average Bonchev–Trinajstić information content (AvgIpc) is 2.85. The summed E-state index contributed by atoms with van der Waals surface area (Å²) in [5.41, 5.74) is 1.43. The molecule has 2 heteroatoms. The van der Waals surface area contributed by atoms with Crippen molar-refractivity contribution < 1.29 is 0 Å². The maximum atomic E-state index is 3.65. The van der Waals surface area contributed by atoms with Crippen molar-refractivity contribution in [2.24, 2.45) is 5.92 Å². The van der Waals surface area contributed by atoms with Crippen LogP contribution in [0.15, 0.2) is 18.5 Å². The molecule has 1 heterocycles. The van der Waals surface area contributed by atoms with Crippen molar-refractivity contribution >= 4 is 0 Å². The summed E-state index contributed by atoms with van der Waals surface area (Å²) in [4.78, 5) is 0. The smallest absolute Gasteiger partial charge is 0.0223 e. The third-order valence-corrected chi connectivity index (χ3v) is 3.44. The van der Waals surface area contributed by atoms with E-state index in [9.17, 15) is 0 Å². The zero-order chi connectivity index (χ0) is 11.4. The molecule has 0 aliphatic heterocycles. The van der Waals surface area contributed by atoms with Crippen LogP contribution in [0, 0.1) is 5.92 Å². The monoisotopic (exact) mass is 220 g/mol. The average molecular weight is 220 g/mol. The van der Waals surface area contributed by atoms with Gasteiger partial charge in [0.25, 0.3) is 0 Å². The van der Waals surface area contributed by atoms with Gasteiger partial charge in [0.2, 0.25) is 0 Å². The second-order valence-corrected chi connectivity index (χ2v) is 5.03. The molecule has 0 bridgehead atoms. The van der Waals surface area contributed by atoms with Gasteiger partial charge in [0.1, 0.15) is 0 Å². The second kappa shape index (κ2) is 5.53. The summed E-state index contributed by atoms with van der Waals surface area (Å²) in [5.74, 6) is 0.961. The minimum Gasteiger partial charge on any atom is -0.354 e. The van der Waals surface area contributed by atoms with Crippen LogP contribution in [-0.2, 0) is 13.1 Å². The Kier molecular flexibility index (Phi) is 4.05. The van der Waals surface area contributed by atoms with E-state index in [1.54, 1.807) is 0 Å². The highest BCUT2D eigenvalue weighted by atomic mass is 15.0. The molecule has 1 N–H and O–H groups in total. The lowest BCUT2D eigenvalue weighted by atomic mass is 10.2. The van der Waals surface area contributed by atoms with E-state index in [0.29, 0.717) is 0 Å². The molecule has 0 aromatic carbocycles. The molecule has 0 spiro atoms. The van der Waals surface area contributed by atoms with E-state index in [0.717, 1.165) is 25.0 Å². The molecule has 2 rings (SSSR count). The molecule has 2 atom stereocenters. The lowest BCUT2D eigenvalue weighted by Gasteiger charge is -2.02. The van der Waals surface area contributed by atoms with E-state index < -0.39 is 0 Å². The molecule has 1 aliphatic carbocycles. The summed E-state index contributed by atoms with van der Waals surface area (Å²) in [6, 6.07) is 3.04. The summed E-state index contributed by atoms with van der Waals surface area (Å²) in [7, 11) is 0. The van der Waals surface area contributed by atoms with Gasteiger partial charge in [0.15, 0.2) is 0 Å². The van der Waals surface area contributed by atoms with Crippen molar-refractivity contribution in [1.82, 2.24) is 9.88 Å². The van der Waals surface area contributed by atoms with Crippen LogP contribution in [0.4, 0.5) is 0 Å². The Bertz CT molecular complexity index is 316. The molecule has 0 amide bonds. The Labute approximate surface area is 99.0 Å². The molecule has 1 fully saturated rings. The third kappa shape index (κ3) is 3.11. The Balaban J connectivity index is 1.69. The van der Waals surface area contributed by atoms with Crippen molar-refractivity contribution in [3.63, 3.8) is 0 Å². The minimum absolute atomic E-state index is 0.800. The van der Waals surface area contributed by atoms with Crippen LogP contribution in [0.3, 0.4) is 0 Å². The molecule has 90 valence electrons. The van der Waals surface area contributed by atoms with Gasteiger partial charge in [-0.25, -0.2) is 0 Å². The van der Waals surface area contributed by atoms with Gasteiger partial charge in [-0.3, -0.25) is 0 Å². The maximum absolute atomic E-state index is 3.65. The van der Waals surface area contributed by atoms with E-state index in [1.165, 1.54) is 31.2 Å². The van der Waals surface area contributed by atoms with Crippen LogP contribution in [-0.4, -0.2) is 10.6 Å². The van der Waals surface area contributed by atoms with Crippen molar-refractivity contribution in [1.29, 1.82) is 0 Å². The van der Waals surface area contributed by atoms with Crippen LogP contribution < -0.4 is 5.32 Å². The van der Waals surface area contributed by atoms with E-state index in [2.05, 4.69) is 42.2 Å². The van der Waals surface area contributed by atoms with Gasteiger partial charge in [0.05, 0.1) is 0 Å². The maximum Gasteiger partial charge on any atom is 0.0223 e. The summed E-state index contributed by atoms with van der Waals surface area (Å²) >= 11 is 0. The number of hydrogen-bond donors (Lipinski definition) is 1. The molecule has 0 radical (unpaired) electrons. The summed E-state index contributed by atoms with van der Waals surface area (Å²) in [6.07, 6.45) is 9.79. The SMILES string of the molecule is CCCC1CC1NCc1ccn(CCC)c1. The molecule has 1 aromatic rings. The standard InChI is InChI=1S/C14H24N2/c1-3-5-13-9-14(13)15-10-12-6-8-16(11-12)7-4-2/h6,8,11,13-15H,3-5,7,9-10H2,1-2H3. The van der Waals surface area contributed by atoms with Crippen LogP contribution >= 0.6 is 0 Å². The van der Waals surface area contributed by atoms with Gasteiger partial charge in [-0.05, 0) is 36.8 Å². The zero-order valence-corrected chi connectivity index (χ0v) is 10.6. The molecule has 16 heavy (non-hydrogen) atoms.